The van der Waals surface area contributed by atoms with E-state index in [2.05, 4.69) is 32.7 Å². The molecule has 6 heteroatoms. The van der Waals surface area contributed by atoms with E-state index < -0.39 is 0 Å². The first-order valence-corrected chi connectivity index (χ1v) is 8.62. The van der Waals surface area contributed by atoms with E-state index in [4.69, 9.17) is 0 Å². The minimum absolute atomic E-state index is 0.0885. The van der Waals surface area contributed by atoms with Crippen LogP contribution in [0.1, 0.15) is 24.2 Å². The second-order valence-corrected chi connectivity index (χ2v) is 6.17. The maximum Gasteiger partial charge on any atom is 0.220 e. The second-order valence-electron chi connectivity index (χ2n) is 6.17. The number of anilines is 2. The molecule has 25 heavy (non-hydrogen) atoms. The number of hydrogen-bond acceptors (Lipinski definition) is 5. The summed E-state index contributed by atoms with van der Waals surface area (Å²) in [5.41, 5.74) is 1.27. The first-order chi connectivity index (χ1) is 12.0. The second kappa shape index (κ2) is 9.61. The summed E-state index contributed by atoms with van der Waals surface area (Å²) in [4.78, 5) is 22.5. The largest absolute Gasteiger partial charge is 0.368 e. The zero-order chi connectivity index (χ0) is 18.1. The Morgan fingerprint density at radius 1 is 1.12 bits per heavy atom. The number of carbonyl (C=O) groups excluding carboxylic acids is 1. The highest BCUT2D eigenvalue weighted by Gasteiger charge is 2.04. The summed E-state index contributed by atoms with van der Waals surface area (Å²) in [6.07, 6.45) is 2.34. The van der Waals surface area contributed by atoms with Gasteiger partial charge in [-0.2, -0.15) is 0 Å². The Morgan fingerprint density at radius 2 is 1.88 bits per heavy atom. The molecule has 2 rings (SSSR count). The van der Waals surface area contributed by atoms with Crippen LogP contribution in [0.5, 0.6) is 0 Å². The van der Waals surface area contributed by atoms with Gasteiger partial charge >= 0.3 is 0 Å². The highest BCUT2D eigenvalue weighted by Crippen LogP contribution is 2.12. The Labute approximate surface area is 149 Å². The summed E-state index contributed by atoms with van der Waals surface area (Å²) in [6.45, 7) is 3.07. The van der Waals surface area contributed by atoms with E-state index in [1.54, 1.807) is 0 Å². The number of carbonyl (C=O) groups is 1. The van der Waals surface area contributed by atoms with Crippen LogP contribution < -0.4 is 15.5 Å². The van der Waals surface area contributed by atoms with E-state index in [0.717, 1.165) is 30.3 Å². The van der Waals surface area contributed by atoms with Crippen LogP contribution in [-0.2, 0) is 11.2 Å². The Morgan fingerprint density at radius 3 is 2.60 bits per heavy atom. The van der Waals surface area contributed by atoms with E-state index >= 15 is 0 Å². The van der Waals surface area contributed by atoms with E-state index in [1.165, 1.54) is 5.56 Å². The van der Waals surface area contributed by atoms with Crippen LogP contribution in [0.2, 0.25) is 0 Å². The molecule has 1 aromatic carbocycles. The van der Waals surface area contributed by atoms with Gasteiger partial charge in [0.15, 0.2) is 0 Å². The van der Waals surface area contributed by atoms with Crippen LogP contribution in [0.25, 0.3) is 0 Å². The molecule has 0 aliphatic heterocycles. The van der Waals surface area contributed by atoms with Gasteiger partial charge in [-0.15, -0.1) is 0 Å². The molecular weight excluding hydrogens is 314 g/mol. The molecule has 0 atom stereocenters. The fourth-order valence-corrected chi connectivity index (χ4v) is 2.45. The summed E-state index contributed by atoms with van der Waals surface area (Å²) in [6, 6.07) is 12.1. The average Bonchev–Trinajstić information content (AvgIpc) is 2.59. The van der Waals surface area contributed by atoms with E-state index in [9.17, 15) is 4.79 Å². The van der Waals surface area contributed by atoms with E-state index in [-0.39, 0.29) is 5.91 Å². The number of hydrogen-bond donors (Lipinski definition) is 2. The normalized spacial score (nSPS) is 10.4. The van der Waals surface area contributed by atoms with Gasteiger partial charge in [-0.1, -0.05) is 30.3 Å². The highest BCUT2D eigenvalue weighted by molar-refractivity contribution is 5.75. The highest BCUT2D eigenvalue weighted by atomic mass is 16.1. The van der Waals surface area contributed by atoms with Crippen molar-refractivity contribution in [3.05, 3.63) is 47.8 Å². The van der Waals surface area contributed by atoms with Crippen molar-refractivity contribution in [3.63, 3.8) is 0 Å². The van der Waals surface area contributed by atoms with Gasteiger partial charge in [0.2, 0.25) is 5.91 Å². The first-order valence-electron chi connectivity index (χ1n) is 8.62. The molecule has 2 N–H and O–H groups in total. The van der Waals surface area contributed by atoms with Crippen molar-refractivity contribution in [2.75, 3.05) is 37.4 Å². The summed E-state index contributed by atoms with van der Waals surface area (Å²) >= 11 is 0. The third-order valence-electron chi connectivity index (χ3n) is 3.75. The number of aryl methyl sites for hydroxylation is 2. The molecule has 0 aliphatic carbocycles. The standard InChI is InChI=1S/C19H27N5O/c1-15-22-17(14-18(23-15)24(2)3)20-12-13-21-19(25)11-7-10-16-8-5-4-6-9-16/h4-6,8-9,14H,7,10-13H2,1-3H3,(H,21,25)(H,20,22,23). The molecule has 0 radical (unpaired) electrons. The number of amides is 1. The van der Waals surface area contributed by atoms with Gasteiger partial charge in [0, 0.05) is 39.7 Å². The van der Waals surface area contributed by atoms with Gasteiger partial charge in [0.1, 0.15) is 17.5 Å². The number of nitrogens with one attached hydrogen (secondary N) is 2. The van der Waals surface area contributed by atoms with Crippen molar-refractivity contribution in [1.82, 2.24) is 15.3 Å². The SMILES string of the molecule is Cc1nc(NCCNC(=O)CCCc2ccccc2)cc(N(C)C)n1. The van der Waals surface area contributed by atoms with Crippen LogP contribution in [-0.4, -0.2) is 43.1 Å². The molecule has 2 aromatic rings. The maximum absolute atomic E-state index is 11.9. The van der Waals surface area contributed by atoms with Gasteiger partial charge in [0.05, 0.1) is 0 Å². The molecule has 0 unspecified atom stereocenters. The van der Waals surface area contributed by atoms with Crippen LogP contribution in [0.3, 0.4) is 0 Å². The van der Waals surface area contributed by atoms with Gasteiger partial charge in [-0.3, -0.25) is 4.79 Å². The predicted molar refractivity (Wildman–Crippen MR) is 102 cm³/mol. The fraction of sp³-hybridized carbons (Fsp3) is 0.421. The molecular formula is C19H27N5O. The van der Waals surface area contributed by atoms with Crippen LogP contribution in [0.15, 0.2) is 36.4 Å². The van der Waals surface area contributed by atoms with Crippen LogP contribution in [0, 0.1) is 6.92 Å². The van der Waals surface area contributed by atoms with Crippen LogP contribution >= 0.6 is 0 Å². The average molecular weight is 341 g/mol. The molecule has 0 saturated heterocycles. The Bertz CT molecular complexity index is 673. The lowest BCUT2D eigenvalue weighted by Gasteiger charge is -2.14. The summed E-state index contributed by atoms with van der Waals surface area (Å²) < 4.78 is 0. The number of nitrogens with zero attached hydrogens (tertiary/aromatic N) is 3. The number of aromatic nitrogens is 2. The first kappa shape index (κ1) is 18.7. The lowest BCUT2D eigenvalue weighted by Crippen LogP contribution is -2.28. The lowest BCUT2D eigenvalue weighted by molar-refractivity contribution is -0.121. The molecule has 6 nitrogen and oxygen atoms in total. The zero-order valence-corrected chi connectivity index (χ0v) is 15.2. The number of rotatable bonds is 9. The summed E-state index contributed by atoms with van der Waals surface area (Å²) in [5, 5.41) is 6.16. The summed E-state index contributed by atoms with van der Waals surface area (Å²) in [7, 11) is 3.89. The molecule has 1 aromatic heterocycles. The van der Waals surface area contributed by atoms with E-state index in [1.807, 2.05) is 50.2 Å². The topological polar surface area (TPSA) is 70.2 Å². The number of benzene rings is 1. The quantitative estimate of drug-likeness (QED) is 0.686. The third-order valence-corrected chi connectivity index (χ3v) is 3.75. The molecule has 0 bridgehead atoms. The molecule has 134 valence electrons. The van der Waals surface area contributed by atoms with Crippen molar-refractivity contribution in [2.45, 2.75) is 26.2 Å². The van der Waals surface area contributed by atoms with Crippen molar-refractivity contribution in [3.8, 4) is 0 Å². The maximum atomic E-state index is 11.9. The Kier molecular flexibility index (Phi) is 7.19. The molecule has 1 heterocycles. The predicted octanol–water partition coefficient (Wildman–Crippen LogP) is 2.40. The van der Waals surface area contributed by atoms with Crippen molar-refractivity contribution in [2.24, 2.45) is 0 Å². The van der Waals surface area contributed by atoms with Crippen molar-refractivity contribution >= 4 is 17.5 Å². The minimum atomic E-state index is 0.0885. The smallest absolute Gasteiger partial charge is 0.220 e. The molecule has 0 spiro atoms. The van der Waals surface area contributed by atoms with E-state index in [0.29, 0.717) is 19.5 Å². The molecule has 0 aliphatic rings. The van der Waals surface area contributed by atoms with Gasteiger partial charge < -0.3 is 15.5 Å². The van der Waals surface area contributed by atoms with Crippen LogP contribution in [0.4, 0.5) is 11.6 Å². The zero-order valence-electron chi connectivity index (χ0n) is 15.2. The Balaban J connectivity index is 1.64. The summed E-state index contributed by atoms with van der Waals surface area (Å²) in [5.74, 6) is 2.44. The van der Waals surface area contributed by atoms with Gasteiger partial charge in [-0.05, 0) is 25.3 Å². The van der Waals surface area contributed by atoms with Crippen molar-refractivity contribution in [1.29, 1.82) is 0 Å². The monoisotopic (exact) mass is 341 g/mol. The van der Waals surface area contributed by atoms with Gasteiger partial charge in [0.25, 0.3) is 0 Å². The molecule has 1 amide bonds. The Hall–Kier alpha value is -2.63. The third kappa shape index (κ3) is 6.79. The molecule has 0 fully saturated rings. The van der Waals surface area contributed by atoms with Crippen molar-refractivity contribution < 1.29 is 4.79 Å². The fourth-order valence-electron chi connectivity index (χ4n) is 2.45. The minimum Gasteiger partial charge on any atom is -0.368 e. The molecule has 0 saturated carbocycles. The van der Waals surface area contributed by atoms with Gasteiger partial charge in [-0.25, -0.2) is 9.97 Å². The lowest BCUT2D eigenvalue weighted by atomic mass is 10.1.